The topological polar surface area (TPSA) is 62.1 Å². The molecule has 0 aliphatic heterocycles. The highest BCUT2D eigenvalue weighted by atomic mass is 79.9. The summed E-state index contributed by atoms with van der Waals surface area (Å²) in [4.78, 5) is 0. The number of methoxy groups -OCH3 is 2. The third-order valence-electron chi connectivity index (χ3n) is 3.35. The van der Waals surface area contributed by atoms with Crippen LogP contribution in [-0.4, -0.2) is 34.4 Å². The first kappa shape index (κ1) is 16.8. The zero-order valence-electron chi connectivity index (χ0n) is 13.1. The average molecular weight is 407 g/mol. The number of tetrazole rings is 1. The molecule has 1 heterocycles. The van der Waals surface area contributed by atoms with Gasteiger partial charge in [-0.1, -0.05) is 30.0 Å². The number of halogens is 1. The summed E-state index contributed by atoms with van der Waals surface area (Å²) in [6.45, 7) is 0. The van der Waals surface area contributed by atoms with E-state index in [4.69, 9.17) is 9.47 Å². The molecule has 0 fully saturated rings. The predicted molar refractivity (Wildman–Crippen MR) is 96.0 cm³/mol. The van der Waals surface area contributed by atoms with Gasteiger partial charge in [-0.2, -0.15) is 4.68 Å². The van der Waals surface area contributed by atoms with Gasteiger partial charge >= 0.3 is 0 Å². The first-order chi connectivity index (χ1) is 11.7. The van der Waals surface area contributed by atoms with Crippen molar-refractivity contribution in [2.75, 3.05) is 14.2 Å². The van der Waals surface area contributed by atoms with Crippen molar-refractivity contribution in [3.05, 3.63) is 52.5 Å². The van der Waals surface area contributed by atoms with Crippen LogP contribution in [0.5, 0.6) is 11.5 Å². The highest BCUT2D eigenvalue weighted by molar-refractivity contribution is 9.10. The fourth-order valence-corrected chi connectivity index (χ4v) is 3.53. The van der Waals surface area contributed by atoms with Crippen LogP contribution in [0.3, 0.4) is 0 Å². The molecule has 0 radical (unpaired) electrons. The smallest absolute Gasteiger partial charge is 0.214 e. The Morgan fingerprint density at radius 3 is 2.54 bits per heavy atom. The Labute approximate surface area is 152 Å². The number of para-hydroxylation sites is 1. The molecule has 8 heteroatoms. The van der Waals surface area contributed by atoms with E-state index in [1.165, 1.54) is 11.8 Å². The zero-order valence-corrected chi connectivity index (χ0v) is 15.5. The van der Waals surface area contributed by atoms with Gasteiger partial charge in [-0.3, -0.25) is 0 Å². The molecule has 3 rings (SSSR count). The van der Waals surface area contributed by atoms with Crippen molar-refractivity contribution >= 4 is 27.7 Å². The molecular weight excluding hydrogens is 392 g/mol. The molecule has 0 aliphatic carbocycles. The van der Waals surface area contributed by atoms with E-state index in [1.54, 1.807) is 18.9 Å². The van der Waals surface area contributed by atoms with E-state index in [-0.39, 0.29) is 0 Å². The molecule has 24 heavy (non-hydrogen) atoms. The van der Waals surface area contributed by atoms with Crippen LogP contribution in [0.15, 0.2) is 52.1 Å². The van der Waals surface area contributed by atoms with E-state index in [9.17, 15) is 0 Å². The highest BCUT2D eigenvalue weighted by Crippen LogP contribution is 2.35. The minimum Gasteiger partial charge on any atom is -0.496 e. The Kier molecular flexibility index (Phi) is 5.37. The second-order valence-electron chi connectivity index (χ2n) is 4.80. The van der Waals surface area contributed by atoms with Gasteiger partial charge in [0.05, 0.1) is 24.4 Å². The number of thioether (sulfide) groups is 1. The molecule has 2 aromatic carbocycles. The van der Waals surface area contributed by atoms with E-state index < -0.39 is 0 Å². The van der Waals surface area contributed by atoms with E-state index in [0.717, 1.165) is 27.2 Å². The van der Waals surface area contributed by atoms with Crippen molar-refractivity contribution in [3.8, 4) is 17.2 Å². The first-order valence-corrected chi connectivity index (χ1v) is 8.87. The van der Waals surface area contributed by atoms with Crippen LogP contribution in [0.1, 0.15) is 5.56 Å². The van der Waals surface area contributed by atoms with E-state index in [1.807, 2.05) is 42.5 Å². The maximum atomic E-state index is 5.45. The van der Waals surface area contributed by atoms with Crippen LogP contribution < -0.4 is 9.47 Å². The number of aromatic nitrogens is 4. The van der Waals surface area contributed by atoms with Crippen molar-refractivity contribution in [1.29, 1.82) is 0 Å². The predicted octanol–water partition coefficient (Wildman–Crippen LogP) is 3.73. The minimum atomic E-state index is 0.653. The molecule has 0 bridgehead atoms. The monoisotopic (exact) mass is 406 g/mol. The Balaban J connectivity index is 1.84. The Bertz CT molecular complexity index is 826. The van der Waals surface area contributed by atoms with E-state index in [0.29, 0.717) is 10.9 Å². The summed E-state index contributed by atoms with van der Waals surface area (Å²) in [5.74, 6) is 2.20. The van der Waals surface area contributed by atoms with Gasteiger partial charge in [-0.25, -0.2) is 0 Å². The molecule has 0 saturated carbocycles. The van der Waals surface area contributed by atoms with Gasteiger partial charge in [-0.15, -0.1) is 5.10 Å². The van der Waals surface area contributed by atoms with Crippen LogP contribution in [0.4, 0.5) is 0 Å². The summed E-state index contributed by atoms with van der Waals surface area (Å²) in [6.07, 6.45) is 0. The quantitative estimate of drug-likeness (QED) is 0.581. The van der Waals surface area contributed by atoms with E-state index in [2.05, 4.69) is 31.5 Å². The van der Waals surface area contributed by atoms with Crippen molar-refractivity contribution in [1.82, 2.24) is 20.2 Å². The normalized spacial score (nSPS) is 10.6. The van der Waals surface area contributed by atoms with Crippen LogP contribution in [0, 0.1) is 0 Å². The van der Waals surface area contributed by atoms with Crippen molar-refractivity contribution in [3.63, 3.8) is 0 Å². The number of hydrogen-bond acceptors (Lipinski definition) is 6. The second-order valence-corrected chi connectivity index (χ2v) is 6.59. The second kappa shape index (κ2) is 7.67. The summed E-state index contributed by atoms with van der Waals surface area (Å²) in [5.41, 5.74) is 1.93. The summed E-state index contributed by atoms with van der Waals surface area (Å²) < 4.78 is 13.4. The summed E-state index contributed by atoms with van der Waals surface area (Å²) in [7, 11) is 3.29. The molecule has 0 saturated heterocycles. The molecule has 0 atom stereocenters. The zero-order chi connectivity index (χ0) is 16.9. The number of benzene rings is 2. The maximum Gasteiger partial charge on any atom is 0.214 e. The molecule has 3 aromatic rings. The third-order valence-corrected chi connectivity index (χ3v) is 4.94. The number of rotatable bonds is 6. The fourth-order valence-electron chi connectivity index (χ4n) is 2.18. The molecule has 0 unspecified atom stereocenters. The van der Waals surface area contributed by atoms with E-state index >= 15 is 0 Å². The van der Waals surface area contributed by atoms with Gasteiger partial charge in [0, 0.05) is 11.3 Å². The van der Waals surface area contributed by atoms with Crippen molar-refractivity contribution in [2.45, 2.75) is 10.9 Å². The lowest BCUT2D eigenvalue weighted by Gasteiger charge is -2.12. The summed E-state index contributed by atoms with van der Waals surface area (Å²) in [5, 5.41) is 12.7. The molecule has 124 valence electrons. The van der Waals surface area contributed by atoms with Gasteiger partial charge in [-0.05, 0) is 50.6 Å². The van der Waals surface area contributed by atoms with Crippen molar-refractivity contribution < 1.29 is 9.47 Å². The molecule has 0 aliphatic rings. The Morgan fingerprint density at radius 1 is 1.08 bits per heavy atom. The molecular formula is C16H15BrN4O2S. The van der Waals surface area contributed by atoms with Crippen LogP contribution in [0.2, 0.25) is 0 Å². The Hall–Kier alpha value is -2.06. The van der Waals surface area contributed by atoms with Crippen LogP contribution >= 0.6 is 27.7 Å². The molecule has 0 spiro atoms. The standard InChI is InChI=1S/C16H15BrN4O2S/c1-22-14-9-13(17)15(23-2)8-11(14)10-24-16-18-19-20-21(16)12-6-4-3-5-7-12/h3-9H,10H2,1-2H3. The average Bonchev–Trinajstić information content (AvgIpc) is 3.09. The summed E-state index contributed by atoms with van der Waals surface area (Å²) in [6, 6.07) is 13.6. The van der Waals surface area contributed by atoms with Crippen LogP contribution in [-0.2, 0) is 5.75 Å². The first-order valence-electron chi connectivity index (χ1n) is 7.10. The molecule has 1 aromatic heterocycles. The lowest BCUT2D eigenvalue weighted by molar-refractivity contribution is 0.398. The summed E-state index contributed by atoms with van der Waals surface area (Å²) >= 11 is 5.00. The SMILES string of the molecule is COc1cc(CSc2nnnn2-c2ccccc2)c(OC)cc1Br. The highest BCUT2D eigenvalue weighted by Gasteiger charge is 2.13. The number of ether oxygens (including phenoxy) is 2. The Morgan fingerprint density at radius 2 is 1.83 bits per heavy atom. The van der Waals surface area contributed by atoms with Gasteiger partial charge < -0.3 is 9.47 Å². The van der Waals surface area contributed by atoms with Crippen LogP contribution in [0.25, 0.3) is 5.69 Å². The van der Waals surface area contributed by atoms with Gasteiger partial charge in [0.15, 0.2) is 0 Å². The number of hydrogen-bond donors (Lipinski definition) is 0. The molecule has 0 amide bonds. The number of nitrogens with zero attached hydrogens (tertiary/aromatic N) is 4. The van der Waals surface area contributed by atoms with Gasteiger partial charge in [0.25, 0.3) is 0 Å². The largest absolute Gasteiger partial charge is 0.496 e. The van der Waals surface area contributed by atoms with Gasteiger partial charge in [0.1, 0.15) is 11.5 Å². The molecule has 0 N–H and O–H groups in total. The minimum absolute atomic E-state index is 0.653. The lowest BCUT2D eigenvalue weighted by atomic mass is 10.2. The van der Waals surface area contributed by atoms with Gasteiger partial charge in [0.2, 0.25) is 5.16 Å². The van der Waals surface area contributed by atoms with Crippen molar-refractivity contribution in [2.24, 2.45) is 0 Å². The fraction of sp³-hybridized carbons (Fsp3) is 0.188. The third kappa shape index (κ3) is 3.54. The maximum absolute atomic E-state index is 5.45. The molecule has 6 nitrogen and oxygen atoms in total. The lowest BCUT2D eigenvalue weighted by Crippen LogP contribution is -1.99.